The average molecular weight is 162 g/mol. The lowest BCUT2D eigenvalue weighted by molar-refractivity contribution is 0.498. The summed E-state index contributed by atoms with van der Waals surface area (Å²) < 4.78 is 8.41. The molecule has 0 aromatic rings. The molecule has 0 bridgehead atoms. The third-order valence-electron chi connectivity index (χ3n) is 0.336. The van der Waals surface area contributed by atoms with Crippen LogP contribution in [0.1, 0.15) is 6.92 Å². The van der Waals surface area contributed by atoms with E-state index in [1.165, 1.54) is 6.92 Å². The van der Waals surface area contributed by atoms with Gasteiger partial charge in [0, 0.05) is 6.92 Å². The van der Waals surface area contributed by atoms with E-state index in [-0.39, 0.29) is 0 Å². The molecule has 1 atom stereocenters. The molecule has 2 nitrogen and oxygen atoms in total. The highest BCUT2D eigenvalue weighted by atomic mass is 35.5. The van der Waals surface area contributed by atoms with Crippen LogP contribution < -0.4 is 0 Å². The molecule has 5 heteroatoms. The van der Waals surface area contributed by atoms with Crippen molar-refractivity contribution >= 4 is 31.2 Å². The Hall–Kier alpha value is 0.640. The molecule has 0 rings (SSSR count). The zero-order chi connectivity index (χ0) is 6.08. The Kier molecular flexibility index (Phi) is 2.48. The van der Waals surface area contributed by atoms with E-state index in [2.05, 4.69) is 0 Å². The molecule has 0 saturated carbocycles. The molecule has 0 heterocycles. The van der Waals surface area contributed by atoms with E-state index in [1.807, 2.05) is 0 Å². The van der Waals surface area contributed by atoms with Crippen LogP contribution in [0.2, 0.25) is 0 Å². The highest BCUT2D eigenvalue weighted by molar-refractivity contribution is 7.45. The Morgan fingerprint density at radius 2 is 1.86 bits per heavy atom. The summed E-state index contributed by atoms with van der Waals surface area (Å²) in [7, 11) is -2.46. The van der Waals surface area contributed by atoms with Gasteiger partial charge in [-0.1, -0.05) is 0 Å². The van der Waals surface area contributed by atoms with Gasteiger partial charge in [-0.25, -0.2) is 0 Å². The Morgan fingerprint density at radius 3 is 1.86 bits per heavy atom. The zero-order valence-corrected chi connectivity index (χ0v) is 5.96. The second-order valence-electron chi connectivity index (χ2n) is 1.11. The predicted octanol–water partition coefficient (Wildman–Crippen LogP) is 1.87. The van der Waals surface area contributed by atoms with Gasteiger partial charge >= 0.3 is 12.1 Å². The Bertz CT molecular complexity index is 86.2. The molecule has 1 unspecified atom stereocenters. The van der Waals surface area contributed by atoms with E-state index < -0.39 is 12.1 Å². The lowest BCUT2D eigenvalue weighted by Crippen LogP contribution is -1.95. The summed E-state index contributed by atoms with van der Waals surface area (Å²) in [6, 6.07) is 0. The van der Waals surface area contributed by atoms with Crippen molar-refractivity contribution in [3.63, 3.8) is 0 Å². The smallest absolute Gasteiger partial charge is 0.158 e. The maximum atomic E-state index is 9.91. The predicted molar refractivity (Wildman–Crippen MR) is 29.9 cm³/mol. The molecule has 0 spiro atoms. The van der Waals surface area contributed by atoms with Crippen LogP contribution >= 0.6 is 31.2 Å². The largest absolute Gasteiger partial charge is 0.544 e. The summed E-state index contributed by atoms with van der Waals surface area (Å²) in [5.74, 6) is 0. The molecule has 0 fully saturated rings. The van der Waals surface area contributed by atoms with Crippen molar-refractivity contribution in [3.05, 3.63) is 0 Å². The molecule has 1 N–H and O–H groups in total. The lowest BCUT2D eigenvalue weighted by atomic mass is 10.9. The summed E-state index contributed by atoms with van der Waals surface area (Å²) in [6.07, 6.45) is 0. The van der Waals surface area contributed by atoms with Crippen LogP contribution in [0, 0.1) is 0 Å². The second-order valence-corrected chi connectivity index (χ2v) is 4.79. The summed E-state index contributed by atoms with van der Waals surface area (Å²) in [6.45, 7) is 1.26. The highest BCUT2D eigenvalue weighted by Gasteiger charge is 2.39. The van der Waals surface area contributed by atoms with Crippen molar-refractivity contribution < 1.29 is 9.46 Å². The number of alkyl halides is 2. The standard InChI is InChI=1S/C2H3Cl2O2P/c1-2(3,4)7(5)6/h1H3/p+1. The maximum absolute atomic E-state index is 9.91. The third-order valence-corrected chi connectivity index (χ3v) is 1.88. The van der Waals surface area contributed by atoms with Crippen molar-refractivity contribution in [2.75, 3.05) is 0 Å². The summed E-state index contributed by atoms with van der Waals surface area (Å²) in [4.78, 5) is 8.13. The van der Waals surface area contributed by atoms with Gasteiger partial charge in [-0.15, -0.1) is 0 Å². The summed E-state index contributed by atoms with van der Waals surface area (Å²) in [5.41, 5.74) is 0. The van der Waals surface area contributed by atoms with Gasteiger partial charge in [0.1, 0.15) is 0 Å². The van der Waals surface area contributed by atoms with Gasteiger partial charge < -0.3 is 0 Å². The molecule has 0 amide bonds. The first kappa shape index (κ1) is 7.64. The topological polar surface area (TPSA) is 37.3 Å². The number of hydrogen-bond acceptors (Lipinski definition) is 1. The minimum Gasteiger partial charge on any atom is -0.158 e. The van der Waals surface area contributed by atoms with Crippen LogP contribution in [-0.2, 0) is 4.57 Å². The first-order chi connectivity index (χ1) is 2.94. The molecule has 0 radical (unpaired) electrons. The van der Waals surface area contributed by atoms with Gasteiger partial charge in [0.15, 0.2) is 0 Å². The van der Waals surface area contributed by atoms with Crippen LogP contribution in [0.3, 0.4) is 0 Å². The molecular formula is C2H4Cl2O2P+. The van der Waals surface area contributed by atoms with Gasteiger partial charge in [-0.2, -0.15) is 4.89 Å². The maximum Gasteiger partial charge on any atom is 0.544 e. The van der Waals surface area contributed by atoms with E-state index >= 15 is 0 Å². The first-order valence-corrected chi connectivity index (χ1v) is 3.45. The molecular weight excluding hydrogens is 158 g/mol. The van der Waals surface area contributed by atoms with Crippen molar-refractivity contribution in [2.24, 2.45) is 0 Å². The molecule has 42 valence electrons. The summed E-state index contributed by atoms with van der Waals surface area (Å²) in [5, 5.41) is 0. The van der Waals surface area contributed by atoms with Gasteiger partial charge in [-0.3, -0.25) is 0 Å². The van der Waals surface area contributed by atoms with Crippen molar-refractivity contribution in [1.82, 2.24) is 0 Å². The molecule has 7 heavy (non-hydrogen) atoms. The van der Waals surface area contributed by atoms with Crippen LogP contribution in [0.4, 0.5) is 0 Å². The Morgan fingerprint density at radius 1 is 1.71 bits per heavy atom. The van der Waals surface area contributed by atoms with E-state index in [4.69, 9.17) is 28.1 Å². The SMILES string of the molecule is CC(Cl)(Cl)[P+](=O)O. The van der Waals surface area contributed by atoms with Crippen LogP contribution in [0.15, 0.2) is 0 Å². The molecule has 0 aromatic carbocycles. The Labute approximate surface area is 52.3 Å². The average Bonchev–Trinajstić information content (AvgIpc) is 1.31. The van der Waals surface area contributed by atoms with Crippen molar-refractivity contribution in [3.8, 4) is 0 Å². The second kappa shape index (κ2) is 2.27. The summed E-state index contributed by atoms with van der Waals surface area (Å²) >= 11 is 10.2. The molecule has 0 aromatic heterocycles. The third kappa shape index (κ3) is 3.24. The number of halogens is 2. The van der Waals surface area contributed by atoms with Crippen LogP contribution in [0.5, 0.6) is 0 Å². The minimum absolute atomic E-state index is 1.26. The van der Waals surface area contributed by atoms with Gasteiger partial charge in [-0.05, 0) is 27.8 Å². The normalized spacial score (nSPS) is 14.0. The fourth-order valence-electron chi connectivity index (χ4n) is 0. The van der Waals surface area contributed by atoms with E-state index in [9.17, 15) is 4.57 Å². The monoisotopic (exact) mass is 161 g/mol. The Balaban J connectivity index is 3.79. The van der Waals surface area contributed by atoms with E-state index in [0.29, 0.717) is 0 Å². The minimum atomic E-state index is -2.46. The zero-order valence-electron chi connectivity index (χ0n) is 3.56. The molecule has 0 aliphatic carbocycles. The van der Waals surface area contributed by atoms with Gasteiger partial charge in [0.2, 0.25) is 0 Å². The first-order valence-electron chi connectivity index (χ1n) is 1.48. The van der Waals surface area contributed by atoms with E-state index in [0.717, 1.165) is 0 Å². The lowest BCUT2D eigenvalue weighted by Gasteiger charge is -1.89. The fraction of sp³-hybridized carbons (Fsp3) is 1.00. The number of hydrogen-bond donors (Lipinski definition) is 1. The van der Waals surface area contributed by atoms with Gasteiger partial charge in [0.05, 0.1) is 0 Å². The van der Waals surface area contributed by atoms with Crippen molar-refractivity contribution in [1.29, 1.82) is 0 Å². The van der Waals surface area contributed by atoms with Crippen molar-refractivity contribution in [2.45, 2.75) is 11.0 Å². The van der Waals surface area contributed by atoms with Crippen LogP contribution in [0.25, 0.3) is 0 Å². The van der Waals surface area contributed by atoms with Crippen LogP contribution in [-0.4, -0.2) is 8.97 Å². The fourth-order valence-corrected chi connectivity index (χ4v) is 0. The highest BCUT2D eigenvalue weighted by Crippen LogP contribution is 2.42. The molecule has 0 saturated heterocycles. The van der Waals surface area contributed by atoms with Gasteiger partial charge in [0.25, 0.3) is 0 Å². The molecule has 0 aliphatic heterocycles. The van der Waals surface area contributed by atoms with E-state index in [1.54, 1.807) is 0 Å². The molecule has 0 aliphatic rings. The number of rotatable bonds is 1. The quantitative estimate of drug-likeness (QED) is 0.471.